The maximum Gasteiger partial charge on any atom is 0.269 e. The lowest BCUT2D eigenvalue weighted by Gasteiger charge is -2.34. The summed E-state index contributed by atoms with van der Waals surface area (Å²) >= 11 is 3.49. The molecule has 116 valence electrons. The highest BCUT2D eigenvalue weighted by Crippen LogP contribution is 2.34. The molecule has 1 aromatic rings. The van der Waals surface area contributed by atoms with Gasteiger partial charge in [0, 0.05) is 35.7 Å². The van der Waals surface area contributed by atoms with Gasteiger partial charge in [0.15, 0.2) is 0 Å². The Bertz CT molecular complexity index is 499. The van der Waals surface area contributed by atoms with Crippen molar-refractivity contribution in [2.45, 2.75) is 50.9 Å². The summed E-state index contributed by atoms with van der Waals surface area (Å²) in [7, 11) is 0. The number of benzene rings is 1. The van der Waals surface area contributed by atoms with Gasteiger partial charge in [0.05, 0.1) is 4.92 Å². The van der Waals surface area contributed by atoms with E-state index in [0.29, 0.717) is 17.3 Å². The van der Waals surface area contributed by atoms with Crippen molar-refractivity contribution in [1.29, 1.82) is 0 Å². The number of hydrogen-bond acceptors (Lipinski definition) is 3. The van der Waals surface area contributed by atoms with Crippen LogP contribution in [0.1, 0.15) is 45.1 Å². The zero-order valence-electron chi connectivity index (χ0n) is 12.7. The molecule has 21 heavy (non-hydrogen) atoms. The topological polar surface area (TPSA) is 46.4 Å². The summed E-state index contributed by atoms with van der Waals surface area (Å²) in [5.41, 5.74) is 2.33. The first-order valence-electron chi connectivity index (χ1n) is 7.63. The molecule has 0 spiro atoms. The van der Waals surface area contributed by atoms with E-state index in [1.54, 1.807) is 12.1 Å². The number of hydrogen-bond donors (Lipinski definition) is 0. The van der Waals surface area contributed by atoms with Gasteiger partial charge in [-0.15, -0.1) is 0 Å². The molecule has 5 heteroatoms. The Kier molecular flexibility index (Phi) is 5.62. The van der Waals surface area contributed by atoms with Gasteiger partial charge in [0.1, 0.15) is 0 Å². The molecule has 0 aliphatic heterocycles. The van der Waals surface area contributed by atoms with Crippen molar-refractivity contribution in [3.63, 3.8) is 0 Å². The first-order chi connectivity index (χ1) is 10.0. The van der Waals surface area contributed by atoms with Gasteiger partial charge < -0.3 is 4.90 Å². The predicted octanol–water partition coefficient (Wildman–Crippen LogP) is 4.89. The van der Waals surface area contributed by atoms with E-state index in [1.165, 1.54) is 25.7 Å². The zero-order valence-corrected chi connectivity index (χ0v) is 14.3. The van der Waals surface area contributed by atoms with Crippen molar-refractivity contribution in [2.75, 3.05) is 11.4 Å². The first kappa shape index (κ1) is 16.3. The third-order valence-corrected chi connectivity index (χ3v) is 4.66. The molecule has 0 heterocycles. The smallest absolute Gasteiger partial charge is 0.269 e. The summed E-state index contributed by atoms with van der Waals surface area (Å²) in [6.07, 6.45) is 5.03. The summed E-state index contributed by atoms with van der Waals surface area (Å²) in [5, 5.41) is 11.6. The molecule has 0 saturated heterocycles. The molecule has 0 atom stereocenters. The number of nitro groups is 1. The first-order valence-corrected chi connectivity index (χ1v) is 8.75. The van der Waals surface area contributed by atoms with Gasteiger partial charge in [-0.2, -0.15) is 0 Å². The van der Waals surface area contributed by atoms with E-state index < -0.39 is 0 Å². The van der Waals surface area contributed by atoms with E-state index >= 15 is 0 Å². The van der Waals surface area contributed by atoms with Crippen LogP contribution in [-0.4, -0.2) is 17.5 Å². The van der Waals surface area contributed by atoms with Gasteiger partial charge in [0.2, 0.25) is 0 Å². The molecule has 1 saturated carbocycles. The molecule has 2 rings (SSSR count). The van der Waals surface area contributed by atoms with Crippen molar-refractivity contribution < 1.29 is 4.92 Å². The fourth-order valence-corrected chi connectivity index (χ4v) is 3.58. The number of non-ortho nitro benzene ring substituents is 1. The highest BCUT2D eigenvalue weighted by molar-refractivity contribution is 9.08. The van der Waals surface area contributed by atoms with Crippen LogP contribution in [0.2, 0.25) is 0 Å². The number of nitro benzene ring substituents is 1. The Hall–Kier alpha value is -1.10. The van der Waals surface area contributed by atoms with Crippen LogP contribution in [0.25, 0.3) is 0 Å². The highest BCUT2D eigenvalue weighted by atomic mass is 79.9. The molecule has 0 unspecified atom stereocenters. The third kappa shape index (κ3) is 3.96. The van der Waals surface area contributed by atoms with Crippen LogP contribution in [0.15, 0.2) is 18.2 Å². The fraction of sp³-hybridized carbons (Fsp3) is 0.625. The van der Waals surface area contributed by atoms with Crippen LogP contribution in [0.3, 0.4) is 0 Å². The molecule has 1 aliphatic carbocycles. The van der Waals surface area contributed by atoms with Gasteiger partial charge in [-0.1, -0.05) is 42.6 Å². The highest BCUT2D eigenvalue weighted by Gasteiger charge is 2.25. The summed E-state index contributed by atoms with van der Waals surface area (Å²) in [6.45, 7) is 5.45. The van der Waals surface area contributed by atoms with Crippen LogP contribution >= 0.6 is 15.9 Å². The quantitative estimate of drug-likeness (QED) is 0.414. The molecule has 4 nitrogen and oxygen atoms in total. The van der Waals surface area contributed by atoms with Gasteiger partial charge in [-0.05, 0) is 30.4 Å². The van der Waals surface area contributed by atoms with Crippen LogP contribution in [-0.2, 0) is 5.33 Å². The average molecular weight is 355 g/mol. The monoisotopic (exact) mass is 354 g/mol. The van der Waals surface area contributed by atoms with Crippen molar-refractivity contribution in [2.24, 2.45) is 5.92 Å². The second-order valence-electron chi connectivity index (χ2n) is 6.19. The van der Waals surface area contributed by atoms with Crippen LogP contribution in [0.4, 0.5) is 11.4 Å². The van der Waals surface area contributed by atoms with E-state index in [4.69, 9.17) is 0 Å². The zero-order chi connectivity index (χ0) is 15.4. The van der Waals surface area contributed by atoms with E-state index in [1.807, 2.05) is 6.07 Å². The minimum atomic E-state index is -0.321. The summed E-state index contributed by atoms with van der Waals surface area (Å²) in [4.78, 5) is 13.1. The van der Waals surface area contributed by atoms with Crippen molar-refractivity contribution in [1.82, 2.24) is 0 Å². The molecule has 0 N–H and O–H groups in total. The number of anilines is 1. The second-order valence-corrected chi connectivity index (χ2v) is 6.75. The van der Waals surface area contributed by atoms with Crippen LogP contribution in [0, 0.1) is 16.0 Å². The van der Waals surface area contributed by atoms with Gasteiger partial charge in [-0.3, -0.25) is 10.1 Å². The van der Waals surface area contributed by atoms with Crippen LogP contribution in [0.5, 0.6) is 0 Å². The molecule has 1 aromatic carbocycles. The number of alkyl halides is 1. The molecule has 0 amide bonds. The minimum Gasteiger partial charge on any atom is -0.368 e. The maximum absolute atomic E-state index is 11.0. The maximum atomic E-state index is 11.0. The molecule has 1 fully saturated rings. The standard InChI is InChI=1S/C16H23BrN2O2/c1-12(2)11-18(14-5-3-4-6-14)16-8-7-15(19(20)21)9-13(16)10-17/h7-9,12,14H,3-6,10-11H2,1-2H3. The second kappa shape index (κ2) is 7.25. The Morgan fingerprint density at radius 1 is 1.38 bits per heavy atom. The molecular weight excluding hydrogens is 332 g/mol. The molecular formula is C16H23BrN2O2. The van der Waals surface area contributed by atoms with Crippen LogP contribution < -0.4 is 4.90 Å². The predicted molar refractivity (Wildman–Crippen MR) is 90.2 cm³/mol. The summed E-state index contributed by atoms with van der Waals surface area (Å²) in [5.74, 6) is 0.573. The van der Waals surface area contributed by atoms with Crippen molar-refractivity contribution in [3.05, 3.63) is 33.9 Å². The van der Waals surface area contributed by atoms with E-state index in [-0.39, 0.29) is 10.6 Å². The lowest BCUT2D eigenvalue weighted by atomic mass is 10.1. The lowest BCUT2D eigenvalue weighted by molar-refractivity contribution is -0.384. The fourth-order valence-electron chi connectivity index (χ4n) is 3.13. The SMILES string of the molecule is CC(C)CN(c1ccc([N+](=O)[O-])cc1CBr)C1CCCC1. The number of rotatable bonds is 6. The summed E-state index contributed by atoms with van der Waals surface area (Å²) < 4.78 is 0. The van der Waals surface area contributed by atoms with Gasteiger partial charge in [-0.25, -0.2) is 0 Å². The normalized spacial score (nSPS) is 15.6. The third-order valence-electron chi connectivity index (χ3n) is 4.05. The Balaban J connectivity index is 2.35. The van der Waals surface area contributed by atoms with E-state index in [2.05, 4.69) is 34.7 Å². The molecule has 0 radical (unpaired) electrons. The Morgan fingerprint density at radius 2 is 2.05 bits per heavy atom. The Labute approximate surface area is 134 Å². The minimum absolute atomic E-state index is 0.170. The van der Waals surface area contributed by atoms with E-state index in [0.717, 1.165) is 17.8 Å². The molecule has 0 aromatic heterocycles. The molecule has 0 bridgehead atoms. The van der Waals surface area contributed by atoms with Crippen molar-refractivity contribution in [3.8, 4) is 0 Å². The van der Waals surface area contributed by atoms with Gasteiger partial charge in [0.25, 0.3) is 5.69 Å². The largest absolute Gasteiger partial charge is 0.368 e. The molecule has 1 aliphatic rings. The Morgan fingerprint density at radius 3 is 2.57 bits per heavy atom. The van der Waals surface area contributed by atoms with Gasteiger partial charge >= 0.3 is 0 Å². The average Bonchev–Trinajstić information content (AvgIpc) is 2.97. The van der Waals surface area contributed by atoms with E-state index in [9.17, 15) is 10.1 Å². The van der Waals surface area contributed by atoms with Crippen molar-refractivity contribution >= 4 is 27.3 Å². The number of halogens is 1. The summed E-state index contributed by atoms with van der Waals surface area (Å²) in [6, 6.07) is 5.83. The number of nitrogens with zero attached hydrogens (tertiary/aromatic N) is 2. The lowest BCUT2D eigenvalue weighted by Crippen LogP contribution is -2.36.